The maximum absolute atomic E-state index is 13.1. The standard InChI is InChI=1S/C35H28Cl2N6O6/c1-46-29-16-31(45)35(34(17-29)47-2)30(44)13-3-22-4-14-32(48-20-25-18-42(40-38-25)27-9-5-23(36)6-10-27)33(15-22)49-21-26-19-43(41-39-26)28-11-7-24(37)8-12-28/h3-19,45H,20-21H2,1-2H3/b13-3+. The fourth-order valence-corrected chi connectivity index (χ4v) is 4.94. The molecule has 14 heteroatoms. The molecule has 49 heavy (non-hydrogen) atoms. The summed E-state index contributed by atoms with van der Waals surface area (Å²) in [6.07, 6.45) is 6.42. The van der Waals surface area contributed by atoms with Gasteiger partial charge in [0.15, 0.2) is 17.3 Å². The van der Waals surface area contributed by atoms with E-state index >= 15 is 0 Å². The summed E-state index contributed by atoms with van der Waals surface area (Å²) in [6.45, 7) is 0.167. The number of rotatable bonds is 13. The summed E-state index contributed by atoms with van der Waals surface area (Å²) in [5, 5.41) is 28.5. The van der Waals surface area contributed by atoms with Crippen LogP contribution in [0.2, 0.25) is 10.0 Å². The molecule has 1 N–H and O–H groups in total. The van der Waals surface area contributed by atoms with Crippen LogP contribution in [0.5, 0.6) is 28.7 Å². The number of phenolic OH excluding ortho intramolecular Hbond substituents is 1. The highest BCUT2D eigenvalue weighted by atomic mass is 35.5. The Bertz CT molecular complexity index is 2110. The number of benzene rings is 4. The topological polar surface area (TPSA) is 136 Å². The van der Waals surface area contributed by atoms with E-state index in [-0.39, 0.29) is 30.3 Å². The van der Waals surface area contributed by atoms with E-state index in [4.69, 9.17) is 42.1 Å². The minimum Gasteiger partial charge on any atom is -0.507 e. The first-order chi connectivity index (χ1) is 23.8. The molecule has 0 spiro atoms. The highest BCUT2D eigenvalue weighted by Gasteiger charge is 2.18. The molecule has 0 aliphatic carbocycles. The number of nitrogens with zero attached hydrogens (tertiary/aromatic N) is 6. The molecule has 0 aliphatic rings. The lowest BCUT2D eigenvalue weighted by molar-refractivity contribution is 0.104. The Labute approximate surface area is 290 Å². The van der Waals surface area contributed by atoms with Crippen molar-refractivity contribution in [3.05, 3.63) is 130 Å². The number of methoxy groups -OCH3 is 2. The lowest BCUT2D eigenvalue weighted by atomic mass is 10.1. The molecule has 0 atom stereocenters. The zero-order valence-corrected chi connectivity index (χ0v) is 27.7. The molecule has 0 saturated heterocycles. The van der Waals surface area contributed by atoms with Crippen LogP contribution in [-0.4, -0.2) is 55.1 Å². The summed E-state index contributed by atoms with van der Waals surface area (Å²) in [5.74, 6) is 0.599. The zero-order chi connectivity index (χ0) is 34.3. The molecular formula is C35H28Cl2N6O6. The molecule has 0 aliphatic heterocycles. The molecule has 6 rings (SSSR count). The zero-order valence-electron chi connectivity index (χ0n) is 26.2. The normalized spacial score (nSPS) is 11.1. The van der Waals surface area contributed by atoms with Gasteiger partial charge in [-0.2, -0.15) is 0 Å². The molecule has 0 amide bonds. The predicted molar refractivity (Wildman–Crippen MR) is 182 cm³/mol. The maximum atomic E-state index is 13.1. The third kappa shape index (κ3) is 8.00. The number of allylic oxidation sites excluding steroid dienone is 1. The number of ether oxygens (including phenoxy) is 4. The van der Waals surface area contributed by atoms with Crippen LogP contribution in [-0.2, 0) is 13.2 Å². The van der Waals surface area contributed by atoms with E-state index in [1.54, 1.807) is 70.3 Å². The van der Waals surface area contributed by atoms with Crippen LogP contribution in [0.1, 0.15) is 27.3 Å². The van der Waals surface area contributed by atoms with Gasteiger partial charge in [-0.15, -0.1) is 10.2 Å². The first-order valence-corrected chi connectivity index (χ1v) is 15.5. The Morgan fingerprint density at radius 3 is 1.86 bits per heavy atom. The molecule has 248 valence electrons. The number of aromatic nitrogens is 6. The fraction of sp³-hybridized carbons (Fsp3) is 0.114. The van der Waals surface area contributed by atoms with E-state index in [9.17, 15) is 9.90 Å². The van der Waals surface area contributed by atoms with Crippen molar-refractivity contribution in [1.29, 1.82) is 0 Å². The summed E-state index contributed by atoms with van der Waals surface area (Å²) in [5.41, 5.74) is 3.35. The van der Waals surface area contributed by atoms with E-state index in [0.29, 0.717) is 44.2 Å². The lowest BCUT2D eigenvalue weighted by Crippen LogP contribution is -2.02. The van der Waals surface area contributed by atoms with Crippen molar-refractivity contribution in [2.45, 2.75) is 13.2 Å². The van der Waals surface area contributed by atoms with Crippen molar-refractivity contribution in [2.75, 3.05) is 14.2 Å². The van der Waals surface area contributed by atoms with Crippen molar-refractivity contribution in [1.82, 2.24) is 30.0 Å². The third-order valence-electron chi connectivity index (χ3n) is 7.17. The minimum absolute atomic E-state index is 0.00592. The lowest BCUT2D eigenvalue weighted by Gasteiger charge is -2.12. The molecule has 4 aromatic carbocycles. The van der Waals surface area contributed by atoms with Crippen molar-refractivity contribution in [3.63, 3.8) is 0 Å². The minimum atomic E-state index is -0.470. The number of phenols is 1. The van der Waals surface area contributed by atoms with Crippen LogP contribution < -0.4 is 18.9 Å². The van der Waals surface area contributed by atoms with Gasteiger partial charge in [0.25, 0.3) is 0 Å². The highest BCUT2D eigenvalue weighted by molar-refractivity contribution is 6.30. The second-order valence-electron chi connectivity index (χ2n) is 10.5. The Morgan fingerprint density at radius 1 is 0.735 bits per heavy atom. The summed E-state index contributed by atoms with van der Waals surface area (Å²) < 4.78 is 26.0. The number of hydrogen-bond donors (Lipinski definition) is 1. The van der Waals surface area contributed by atoms with Crippen LogP contribution in [0.15, 0.2) is 97.3 Å². The van der Waals surface area contributed by atoms with Gasteiger partial charge in [0.1, 0.15) is 47.4 Å². The van der Waals surface area contributed by atoms with Crippen LogP contribution in [0.25, 0.3) is 17.5 Å². The van der Waals surface area contributed by atoms with Gasteiger partial charge >= 0.3 is 0 Å². The number of carbonyl (C=O) groups excluding carboxylic acids is 1. The van der Waals surface area contributed by atoms with Crippen LogP contribution in [0, 0.1) is 0 Å². The van der Waals surface area contributed by atoms with Gasteiger partial charge in [0, 0.05) is 22.2 Å². The van der Waals surface area contributed by atoms with Crippen molar-refractivity contribution in [2.24, 2.45) is 0 Å². The Kier molecular flexibility index (Phi) is 10.1. The van der Waals surface area contributed by atoms with Gasteiger partial charge < -0.3 is 24.1 Å². The van der Waals surface area contributed by atoms with Gasteiger partial charge in [-0.25, -0.2) is 9.36 Å². The Balaban J connectivity index is 1.22. The third-order valence-corrected chi connectivity index (χ3v) is 7.67. The molecular weight excluding hydrogens is 671 g/mol. The van der Waals surface area contributed by atoms with E-state index in [0.717, 1.165) is 11.4 Å². The Morgan fingerprint density at radius 2 is 1.31 bits per heavy atom. The van der Waals surface area contributed by atoms with Crippen LogP contribution in [0.3, 0.4) is 0 Å². The maximum Gasteiger partial charge on any atom is 0.193 e. The fourth-order valence-electron chi connectivity index (χ4n) is 4.69. The molecule has 12 nitrogen and oxygen atoms in total. The number of aromatic hydroxyl groups is 1. The molecule has 2 aromatic heterocycles. The number of ketones is 1. The number of hydrogen-bond acceptors (Lipinski definition) is 10. The smallest absolute Gasteiger partial charge is 0.193 e. The molecule has 0 radical (unpaired) electrons. The van der Waals surface area contributed by atoms with Gasteiger partial charge in [0.2, 0.25) is 0 Å². The average Bonchev–Trinajstić information content (AvgIpc) is 3.80. The summed E-state index contributed by atoms with van der Waals surface area (Å²) in [6, 6.07) is 22.5. The monoisotopic (exact) mass is 698 g/mol. The quantitative estimate of drug-likeness (QED) is 0.0999. The second-order valence-corrected chi connectivity index (χ2v) is 11.3. The van der Waals surface area contributed by atoms with Crippen molar-refractivity contribution in [3.8, 4) is 40.1 Å². The van der Waals surface area contributed by atoms with E-state index in [1.165, 1.54) is 32.4 Å². The molecule has 0 unspecified atom stereocenters. The summed E-state index contributed by atoms with van der Waals surface area (Å²) in [7, 11) is 2.86. The average molecular weight is 700 g/mol. The predicted octanol–water partition coefficient (Wildman–Crippen LogP) is 6.93. The summed E-state index contributed by atoms with van der Waals surface area (Å²) in [4.78, 5) is 13.1. The molecule has 0 fully saturated rings. The van der Waals surface area contributed by atoms with Crippen LogP contribution >= 0.6 is 23.2 Å². The van der Waals surface area contributed by atoms with Gasteiger partial charge in [-0.05, 0) is 72.3 Å². The molecule has 6 aromatic rings. The van der Waals surface area contributed by atoms with E-state index < -0.39 is 5.78 Å². The van der Waals surface area contributed by atoms with Gasteiger partial charge in [0.05, 0.1) is 38.0 Å². The number of carbonyl (C=O) groups is 1. The van der Waals surface area contributed by atoms with E-state index in [2.05, 4.69) is 20.6 Å². The Hall–Kier alpha value is -5.85. The van der Waals surface area contributed by atoms with E-state index in [1.807, 2.05) is 24.3 Å². The molecule has 0 saturated carbocycles. The second kappa shape index (κ2) is 14.9. The number of halogens is 2. The first kappa shape index (κ1) is 33.1. The largest absolute Gasteiger partial charge is 0.507 e. The SMILES string of the molecule is COc1cc(O)c(C(=O)/C=C/c2ccc(OCc3cn(-c4ccc(Cl)cc4)nn3)c(OCc3cn(-c4ccc(Cl)cc4)nn3)c2)c(OC)c1. The highest BCUT2D eigenvalue weighted by Crippen LogP contribution is 2.35. The van der Waals surface area contributed by atoms with Crippen LogP contribution in [0.4, 0.5) is 0 Å². The molecule has 2 heterocycles. The van der Waals surface area contributed by atoms with Gasteiger partial charge in [-0.3, -0.25) is 4.79 Å². The van der Waals surface area contributed by atoms with Crippen molar-refractivity contribution >= 4 is 35.1 Å². The first-order valence-electron chi connectivity index (χ1n) is 14.7. The van der Waals surface area contributed by atoms with Gasteiger partial charge in [-0.1, -0.05) is 45.8 Å². The summed E-state index contributed by atoms with van der Waals surface area (Å²) >= 11 is 12.0. The van der Waals surface area contributed by atoms with Crippen molar-refractivity contribution < 1.29 is 28.8 Å². The molecule has 0 bridgehead atoms.